The molecular formula is C19H29BrO. The molecule has 2 heteroatoms. The Hall–Kier alpha value is -0.500. The van der Waals surface area contributed by atoms with E-state index in [9.17, 15) is 0 Å². The number of rotatable bonds is 5. The molecule has 1 aliphatic carbocycles. The minimum atomic E-state index is 0.248. The van der Waals surface area contributed by atoms with Gasteiger partial charge in [0.05, 0.1) is 0 Å². The summed E-state index contributed by atoms with van der Waals surface area (Å²) >= 11 is 3.81. The predicted molar refractivity (Wildman–Crippen MR) is 94.8 cm³/mol. The Kier molecular flexibility index (Phi) is 5.07. The summed E-state index contributed by atoms with van der Waals surface area (Å²) in [6.45, 7) is 13.6. The number of para-hydroxylation sites is 1. The fraction of sp³-hybridized carbons (Fsp3) is 0.684. The summed E-state index contributed by atoms with van der Waals surface area (Å²) in [6, 6.07) is 6.61. The maximum atomic E-state index is 6.58. The first-order chi connectivity index (χ1) is 9.81. The number of ether oxygens (including phenoxy) is 1. The number of halogens is 1. The van der Waals surface area contributed by atoms with Gasteiger partial charge in [0.1, 0.15) is 11.9 Å². The highest BCUT2D eigenvalue weighted by atomic mass is 79.9. The van der Waals surface area contributed by atoms with Crippen molar-refractivity contribution < 1.29 is 4.74 Å². The van der Waals surface area contributed by atoms with Crippen molar-refractivity contribution in [2.75, 3.05) is 0 Å². The smallest absolute Gasteiger partial charge is 0.126 e. The Morgan fingerprint density at radius 3 is 2.10 bits per heavy atom. The number of benzene rings is 1. The predicted octanol–water partition coefficient (Wildman–Crippen LogP) is 6.26. The molecule has 1 aromatic carbocycles. The van der Waals surface area contributed by atoms with Gasteiger partial charge < -0.3 is 4.74 Å². The Labute approximate surface area is 138 Å². The van der Waals surface area contributed by atoms with E-state index in [0.717, 1.165) is 18.6 Å². The molecule has 0 radical (unpaired) electrons. The van der Waals surface area contributed by atoms with Crippen LogP contribution in [0.25, 0.3) is 0 Å². The molecule has 1 nitrogen and oxygen atoms in total. The van der Waals surface area contributed by atoms with E-state index in [-0.39, 0.29) is 5.41 Å². The molecule has 0 amide bonds. The third-order valence-electron chi connectivity index (χ3n) is 5.21. The lowest BCUT2D eigenvalue weighted by atomic mass is 9.65. The standard InChI is InChI=1S/C19H29BrO/c1-7-19(6)16(20)11-17(19)21-18-14(12(2)3)9-8-10-15(18)13(4)5/h8-10,12-13,16-17H,7,11H2,1-6H3. The second kappa shape index (κ2) is 6.32. The van der Waals surface area contributed by atoms with Gasteiger partial charge in [-0.3, -0.25) is 0 Å². The molecule has 1 fully saturated rings. The van der Waals surface area contributed by atoms with Crippen molar-refractivity contribution in [1.29, 1.82) is 0 Å². The number of alkyl halides is 1. The van der Waals surface area contributed by atoms with Crippen LogP contribution in [0.15, 0.2) is 18.2 Å². The van der Waals surface area contributed by atoms with Crippen LogP contribution in [0.5, 0.6) is 5.75 Å². The van der Waals surface area contributed by atoms with Crippen molar-refractivity contribution >= 4 is 15.9 Å². The Balaban J connectivity index is 2.35. The highest BCUT2D eigenvalue weighted by Gasteiger charge is 2.51. The summed E-state index contributed by atoms with van der Waals surface area (Å²) in [7, 11) is 0. The summed E-state index contributed by atoms with van der Waals surface area (Å²) < 4.78 is 6.58. The SMILES string of the molecule is CCC1(C)C(Br)CC1Oc1c(C(C)C)cccc1C(C)C. The maximum absolute atomic E-state index is 6.58. The minimum absolute atomic E-state index is 0.248. The molecule has 118 valence electrons. The van der Waals surface area contributed by atoms with Gasteiger partial charge in [-0.15, -0.1) is 0 Å². The van der Waals surface area contributed by atoms with Crippen molar-refractivity contribution in [2.24, 2.45) is 5.41 Å². The molecule has 3 unspecified atom stereocenters. The Morgan fingerprint density at radius 1 is 1.19 bits per heavy atom. The molecule has 0 bridgehead atoms. The van der Waals surface area contributed by atoms with Crippen LogP contribution in [0.1, 0.15) is 77.3 Å². The first-order valence-corrected chi connectivity index (χ1v) is 9.16. The van der Waals surface area contributed by atoms with Gasteiger partial charge in [0.25, 0.3) is 0 Å². The van der Waals surface area contributed by atoms with E-state index in [4.69, 9.17) is 4.74 Å². The average Bonchev–Trinajstić information content (AvgIpc) is 2.45. The third-order valence-corrected chi connectivity index (χ3v) is 6.63. The second-order valence-electron chi connectivity index (χ2n) is 7.24. The van der Waals surface area contributed by atoms with Gasteiger partial charge in [-0.2, -0.15) is 0 Å². The van der Waals surface area contributed by atoms with Crippen LogP contribution < -0.4 is 4.74 Å². The summed E-state index contributed by atoms with van der Waals surface area (Å²) in [5, 5.41) is 0. The molecule has 1 saturated carbocycles. The van der Waals surface area contributed by atoms with Crippen LogP contribution in [0.3, 0.4) is 0 Å². The van der Waals surface area contributed by atoms with Crippen molar-refractivity contribution in [3.63, 3.8) is 0 Å². The molecule has 0 aliphatic heterocycles. The van der Waals surface area contributed by atoms with Crippen molar-refractivity contribution in [2.45, 2.75) is 77.2 Å². The first-order valence-electron chi connectivity index (χ1n) is 8.24. The quantitative estimate of drug-likeness (QED) is 0.567. The molecule has 1 aliphatic rings. The molecule has 2 rings (SSSR count). The Bertz CT molecular complexity index is 468. The van der Waals surface area contributed by atoms with Crippen LogP contribution >= 0.6 is 15.9 Å². The topological polar surface area (TPSA) is 9.23 Å². The molecule has 1 aromatic rings. The number of hydrogen-bond acceptors (Lipinski definition) is 1. The van der Waals surface area contributed by atoms with E-state index in [2.05, 4.69) is 75.7 Å². The zero-order valence-electron chi connectivity index (χ0n) is 14.2. The monoisotopic (exact) mass is 352 g/mol. The van der Waals surface area contributed by atoms with Gasteiger partial charge in [0.15, 0.2) is 0 Å². The summed E-state index contributed by atoms with van der Waals surface area (Å²) in [5.74, 6) is 2.13. The van der Waals surface area contributed by atoms with Gasteiger partial charge >= 0.3 is 0 Å². The van der Waals surface area contributed by atoms with Crippen molar-refractivity contribution in [1.82, 2.24) is 0 Å². The van der Waals surface area contributed by atoms with Crippen LogP contribution in [0.4, 0.5) is 0 Å². The fourth-order valence-corrected chi connectivity index (χ4v) is 4.12. The summed E-state index contributed by atoms with van der Waals surface area (Å²) in [5.41, 5.74) is 2.94. The second-order valence-corrected chi connectivity index (χ2v) is 8.35. The molecule has 3 atom stereocenters. The summed E-state index contributed by atoms with van der Waals surface area (Å²) in [6.07, 6.45) is 2.58. The average molecular weight is 353 g/mol. The lowest BCUT2D eigenvalue weighted by Crippen LogP contribution is -2.55. The van der Waals surface area contributed by atoms with Gasteiger partial charge in [-0.1, -0.05) is 75.7 Å². The molecular weight excluding hydrogens is 324 g/mol. The highest BCUT2D eigenvalue weighted by Crippen LogP contribution is 2.51. The summed E-state index contributed by atoms with van der Waals surface area (Å²) in [4.78, 5) is 0.578. The van der Waals surface area contributed by atoms with Crippen molar-refractivity contribution in [3.05, 3.63) is 29.3 Å². The van der Waals surface area contributed by atoms with Gasteiger partial charge in [0, 0.05) is 10.2 Å². The van der Waals surface area contributed by atoms with Crippen LogP contribution in [0.2, 0.25) is 0 Å². The molecule has 0 heterocycles. The third kappa shape index (κ3) is 3.02. The lowest BCUT2D eigenvalue weighted by molar-refractivity contribution is -0.0256. The van der Waals surface area contributed by atoms with E-state index in [0.29, 0.717) is 22.8 Å². The van der Waals surface area contributed by atoms with E-state index in [1.54, 1.807) is 0 Å². The molecule has 0 saturated heterocycles. The Morgan fingerprint density at radius 2 is 1.71 bits per heavy atom. The van der Waals surface area contributed by atoms with Crippen LogP contribution in [-0.2, 0) is 0 Å². The zero-order valence-corrected chi connectivity index (χ0v) is 15.8. The molecule has 0 spiro atoms. The molecule has 0 N–H and O–H groups in total. The zero-order chi connectivity index (χ0) is 15.8. The molecule has 21 heavy (non-hydrogen) atoms. The highest BCUT2D eigenvalue weighted by molar-refractivity contribution is 9.09. The van der Waals surface area contributed by atoms with E-state index in [1.165, 1.54) is 11.1 Å². The van der Waals surface area contributed by atoms with Gasteiger partial charge in [-0.05, 0) is 35.8 Å². The van der Waals surface area contributed by atoms with Crippen molar-refractivity contribution in [3.8, 4) is 5.75 Å². The van der Waals surface area contributed by atoms with E-state index in [1.807, 2.05) is 0 Å². The van der Waals surface area contributed by atoms with E-state index >= 15 is 0 Å². The largest absolute Gasteiger partial charge is 0.489 e. The number of hydrogen-bond donors (Lipinski definition) is 0. The normalized spacial score (nSPS) is 28.8. The maximum Gasteiger partial charge on any atom is 0.126 e. The fourth-order valence-electron chi connectivity index (χ4n) is 3.16. The lowest BCUT2D eigenvalue weighted by Gasteiger charge is -2.51. The van der Waals surface area contributed by atoms with Gasteiger partial charge in [-0.25, -0.2) is 0 Å². The van der Waals surface area contributed by atoms with Crippen LogP contribution in [-0.4, -0.2) is 10.9 Å². The van der Waals surface area contributed by atoms with Crippen LogP contribution in [0, 0.1) is 5.41 Å². The van der Waals surface area contributed by atoms with E-state index < -0.39 is 0 Å². The first kappa shape index (κ1) is 16.9. The minimum Gasteiger partial charge on any atom is -0.489 e. The molecule has 0 aromatic heterocycles. The van der Waals surface area contributed by atoms with Gasteiger partial charge in [0.2, 0.25) is 0 Å².